The average Bonchev–Trinajstić information content (AvgIpc) is 2.36. The Bertz CT molecular complexity index is 335. The molecule has 0 amide bonds. The lowest BCUT2D eigenvalue weighted by Crippen LogP contribution is -2.45. The summed E-state index contributed by atoms with van der Waals surface area (Å²) in [6, 6.07) is 9.00. The minimum atomic E-state index is 0.436. The fourth-order valence-corrected chi connectivity index (χ4v) is 2.41. The SMILES string of the molecule is CCC(C)C(CN)N(CC)c1ccccc1C. The third-order valence-electron chi connectivity index (χ3n) is 3.71. The van der Waals surface area contributed by atoms with Crippen LogP contribution in [0.4, 0.5) is 5.69 Å². The first-order valence-electron chi connectivity index (χ1n) is 6.68. The van der Waals surface area contributed by atoms with Crippen molar-refractivity contribution in [2.45, 2.75) is 40.2 Å². The van der Waals surface area contributed by atoms with Crippen LogP contribution < -0.4 is 10.6 Å². The quantitative estimate of drug-likeness (QED) is 0.819. The van der Waals surface area contributed by atoms with E-state index in [0.29, 0.717) is 12.0 Å². The van der Waals surface area contributed by atoms with Crippen molar-refractivity contribution < 1.29 is 0 Å². The van der Waals surface area contributed by atoms with Gasteiger partial charge in [0, 0.05) is 24.8 Å². The molecule has 2 atom stereocenters. The molecular formula is C15H26N2. The third kappa shape index (κ3) is 3.22. The summed E-state index contributed by atoms with van der Waals surface area (Å²) in [5.74, 6) is 0.625. The Labute approximate surface area is 106 Å². The number of hydrogen-bond donors (Lipinski definition) is 1. The Morgan fingerprint density at radius 3 is 2.35 bits per heavy atom. The zero-order valence-corrected chi connectivity index (χ0v) is 11.6. The summed E-state index contributed by atoms with van der Waals surface area (Å²) < 4.78 is 0. The van der Waals surface area contributed by atoms with E-state index in [1.54, 1.807) is 0 Å². The molecule has 1 aromatic rings. The minimum absolute atomic E-state index is 0.436. The van der Waals surface area contributed by atoms with Gasteiger partial charge in [0.1, 0.15) is 0 Å². The largest absolute Gasteiger partial charge is 0.367 e. The van der Waals surface area contributed by atoms with Gasteiger partial charge >= 0.3 is 0 Å². The third-order valence-corrected chi connectivity index (χ3v) is 3.71. The predicted molar refractivity (Wildman–Crippen MR) is 76.5 cm³/mol. The van der Waals surface area contributed by atoms with E-state index in [4.69, 9.17) is 5.73 Å². The second-order valence-electron chi connectivity index (χ2n) is 4.76. The van der Waals surface area contributed by atoms with Crippen molar-refractivity contribution in [3.05, 3.63) is 29.8 Å². The van der Waals surface area contributed by atoms with Crippen LogP contribution in [-0.2, 0) is 0 Å². The van der Waals surface area contributed by atoms with E-state index >= 15 is 0 Å². The monoisotopic (exact) mass is 234 g/mol. The van der Waals surface area contributed by atoms with Crippen LogP contribution in [0.2, 0.25) is 0 Å². The van der Waals surface area contributed by atoms with Crippen LogP contribution in [-0.4, -0.2) is 19.1 Å². The maximum Gasteiger partial charge on any atom is 0.0437 e. The normalized spacial score (nSPS) is 14.4. The second-order valence-corrected chi connectivity index (χ2v) is 4.76. The maximum atomic E-state index is 5.97. The highest BCUT2D eigenvalue weighted by molar-refractivity contribution is 5.53. The molecule has 2 nitrogen and oxygen atoms in total. The highest BCUT2D eigenvalue weighted by Gasteiger charge is 2.22. The molecule has 1 aromatic carbocycles. The lowest BCUT2D eigenvalue weighted by molar-refractivity contribution is 0.422. The van der Waals surface area contributed by atoms with Gasteiger partial charge in [-0.05, 0) is 31.4 Å². The van der Waals surface area contributed by atoms with Crippen LogP contribution in [0.25, 0.3) is 0 Å². The van der Waals surface area contributed by atoms with Gasteiger partial charge < -0.3 is 10.6 Å². The fraction of sp³-hybridized carbons (Fsp3) is 0.600. The molecule has 1 rings (SSSR count). The van der Waals surface area contributed by atoms with Crippen LogP contribution in [0, 0.1) is 12.8 Å². The van der Waals surface area contributed by atoms with Crippen molar-refractivity contribution >= 4 is 5.69 Å². The molecule has 0 spiro atoms. The van der Waals surface area contributed by atoms with Gasteiger partial charge in [0.25, 0.3) is 0 Å². The molecule has 0 aromatic heterocycles. The van der Waals surface area contributed by atoms with E-state index < -0.39 is 0 Å². The molecule has 0 saturated carbocycles. The topological polar surface area (TPSA) is 29.3 Å². The zero-order valence-electron chi connectivity index (χ0n) is 11.6. The number of rotatable bonds is 6. The smallest absolute Gasteiger partial charge is 0.0437 e. The van der Waals surface area contributed by atoms with Gasteiger partial charge in [0.05, 0.1) is 0 Å². The maximum absolute atomic E-state index is 5.97. The van der Waals surface area contributed by atoms with Gasteiger partial charge in [-0.3, -0.25) is 0 Å². The molecule has 2 unspecified atom stereocenters. The zero-order chi connectivity index (χ0) is 12.8. The molecule has 0 fully saturated rings. The molecule has 96 valence electrons. The summed E-state index contributed by atoms with van der Waals surface area (Å²) in [6.07, 6.45) is 1.17. The first-order chi connectivity index (χ1) is 8.15. The van der Waals surface area contributed by atoms with Crippen molar-refractivity contribution in [2.24, 2.45) is 11.7 Å². The average molecular weight is 234 g/mol. The molecule has 17 heavy (non-hydrogen) atoms. The summed E-state index contributed by atoms with van der Waals surface area (Å²) in [5, 5.41) is 0. The minimum Gasteiger partial charge on any atom is -0.367 e. The highest BCUT2D eigenvalue weighted by atomic mass is 15.2. The Hall–Kier alpha value is -1.02. The van der Waals surface area contributed by atoms with Crippen molar-refractivity contribution in [1.82, 2.24) is 0 Å². The molecule has 2 heteroatoms. The van der Waals surface area contributed by atoms with Crippen molar-refractivity contribution in [1.29, 1.82) is 0 Å². The van der Waals surface area contributed by atoms with E-state index in [0.717, 1.165) is 13.1 Å². The van der Waals surface area contributed by atoms with Crippen LogP contribution in [0.5, 0.6) is 0 Å². The van der Waals surface area contributed by atoms with E-state index in [-0.39, 0.29) is 0 Å². The Balaban J connectivity index is 3.01. The van der Waals surface area contributed by atoms with Gasteiger partial charge in [-0.1, -0.05) is 38.5 Å². The number of para-hydroxylation sites is 1. The standard InChI is InChI=1S/C15H26N2/c1-5-12(3)15(11-16)17(6-2)14-10-8-7-9-13(14)4/h7-10,12,15H,5-6,11,16H2,1-4H3. The van der Waals surface area contributed by atoms with E-state index in [1.165, 1.54) is 17.7 Å². The summed E-state index contributed by atoms with van der Waals surface area (Å²) in [6.45, 7) is 10.6. The molecule has 0 aliphatic rings. The first kappa shape index (κ1) is 14.0. The summed E-state index contributed by atoms with van der Waals surface area (Å²) in [7, 11) is 0. The summed E-state index contributed by atoms with van der Waals surface area (Å²) >= 11 is 0. The highest BCUT2D eigenvalue weighted by Crippen LogP contribution is 2.25. The number of aryl methyl sites for hydroxylation is 1. The fourth-order valence-electron chi connectivity index (χ4n) is 2.41. The van der Waals surface area contributed by atoms with E-state index in [2.05, 4.69) is 56.9 Å². The molecule has 0 bridgehead atoms. The molecule has 0 aliphatic heterocycles. The van der Waals surface area contributed by atoms with Crippen LogP contribution in [0.1, 0.15) is 32.8 Å². The number of anilines is 1. The van der Waals surface area contributed by atoms with Gasteiger partial charge in [-0.25, -0.2) is 0 Å². The van der Waals surface area contributed by atoms with Crippen molar-refractivity contribution in [3.63, 3.8) is 0 Å². The number of nitrogens with zero attached hydrogens (tertiary/aromatic N) is 1. The van der Waals surface area contributed by atoms with Crippen LogP contribution in [0.3, 0.4) is 0 Å². The number of benzene rings is 1. The van der Waals surface area contributed by atoms with Gasteiger partial charge in [0.2, 0.25) is 0 Å². The molecule has 0 heterocycles. The van der Waals surface area contributed by atoms with Gasteiger partial charge in [-0.2, -0.15) is 0 Å². The lowest BCUT2D eigenvalue weighted by Gasteiger charge is -2.36. The van der Waals surface area contributed by atoms with Gasteiger partial charge in [-0.15, -0.1) is 0 Å². The number of nitrogens with two attached hydrogens (primary N) is 1. The van der Waals surface area contributed by atoms with Crippen LogP contribution in [0.15, 0.2) is 24.3 Å². The molecule has 0 saturated heterocycles. The number of likely N-dealkylation sites (N-methyl/N-ethyl adjacent to an activating group) is 1. The van der Waals surface area contributed by atoms with Crippen molar-refractivity contribution in [3.8, 4) is 0 Å². The van der Waals surface area contributed by atoms with E-state index in [1.807, 2.05) is 0 Å². The van der Waals surface area contributed by atoms with Gasteiger partial charge in [0.15, 0.2) is 0 Å². The second kappa shape index (κ2) is 6.65. The Morgan fingerprint density at radius 1 is 1.24 bits per heavy atom. The summed E-state index contributed by atoms with van der Waals surface area (Å²) in [4.78, 5) is 2.45. The molecule has 0 radical (unpaired) electrons. The Morgan fingerprint density at radius 2 is 1.88 bits per heavy atom. The lowest BCUT2D eigenvalue weighted by atomic mass is 9.96. The molecule has 2 N–H and O–H groups in total. The first-order valence-corrected chi connectivity index (χ1v) is 6.68. The van der Waals surface area contributed by atoms with E-state index in [9.17, 15) is 0 Å². The van der Waals surface area contributed by atoms with Crippen LogP contribution >= 0.6 is 0 Å². The molecular weight excluding hydrogens is 208 g/mol. The number of hydrogen-bond acceptors (Lipinski definition) is 2. The van der Waals surface area contributed by atoms with Crippen molar-refractivity contribution in [2.75, 3.05) is 18.0 Å². The summed E-state index contributed by atoms with van der Waals surface area (Å²) in [5.41, 5.74) is 8.63. The predicted octanol–water partition coefficient (Wildman–Crippen LogP) is 3.19. The molecule has 0 aliphatic carbocycles. The Kier molecular flexibility index (Phi) is 5.49.